The van der Waals surface area contributed by atoms with Crippen molar-refractivity contribution in [1.29, 1.82) is 0 Å². The zero-order valence-electron chi connectivity index (χ0n) is 14.6. The number of rotatable bonds is 2. The van der Waals surface area contributed by atoms with Gasteiger partial charge in [-0.2, -0.15) is 0 Å². The van der Waals surface area contributed by atoms with Gasteiger partial charge in [0.1, 0.15) is 0 Å². The van der Waals surface area contributed by atoms with Gasteiger partial charge in [0, 0.05) is 15.3 Å². The molecular weight excluding hydrogens is 441 g/mol. The first kappa shape index (κ1) is 16.5. The maximum Gasteiger partial charge on any atom is 0.0701 e. The number of fused-ring (bicyclic) bond motifs is 2. The van der Waals surface area contributed by atoms with E-state index in [1.165, 1.54) is 36.2 Å². The van der Waals surface area contributed by atoms with Crippen LogP contribution in [0.1, 0.15) is 0 Å². The Morgan fingerprint density at radius 2 is 1.30 bits per heavy atom. The molecule has 1 aromatic heterocycles. The number of aromatic nitrogens is 1. The van der Waals surface area contributed by atoms with Gasteiger partial charge >= 0.3 is 0 Å². The molecule has 0 atom stereocenters. The molecule has 1 nitrogen and oxygen atoms in total. The SMILES string of the molecule is Ic1cccc2cc3c(-c4ccc(-c5ccccn5)cc4)cccc3cc12. The van der Waals surface area contributed by atoms with Gasteiger partial charge in [0.15, 0.2) is 0 Å². The van der Waals surface area contributed by atoms with Crippen LogP contribution in [-0.4, -0.2) is 4.98 Å². The maximum atomic E-state index is 4.44. The lowest BCUT2D eigenvalue weighted by Crippen LogP contribution is -1.85. The highest BCUT2D eigenvalue weighted by Crippen LogP contribution is 2.34. The zero-order chi connectivity index (χ0) is 18.2. The van der Waals surface area contributed by atoms with Crippen LogP contribution in [0.25, 0.3) is 43.9 Å². The molecule has 0 fully saturated rings. The van der Waals surface area contributed by atoms with E-state index in [0.717, 1.165) is 11.3 Å². The van der Waals surface area contributed by atoms with E-state index >= 15 is 0 Å². The third-order valence-electron chi connectivity index (χ3n) is 4.98. The standard InChI is InChI=1S/C25H16IN/c26-24-8-4-6-20-15-22-19(16-23(20)24)5-3-7-21(22)17-10-12-18(13-11-17)25-9-1-2-14-27-25/h1-16H. The lowest BCUT2D eigenvalue weighted by molar-refractivity contribution is 1.33. The van der Waals surface area contributed by atoms with Crippen molar-refractivity contribution in [2.24, 2.45) is 0 Å². The molecule has 27 heavy (non-hydrogen) atoms. The fraction of sp³-hybridized carbons (Fsp3) is 0. The van der Waals surface area contributed by atoms with Gasteiger partial charge in [-0.1, -0.05) is 60.7 Å². The molecule has 5 aromatic rings. The lowest BCUT2D eigenvalue weighted by atomic mass is 9.95. The number of pyridine rings is 1. The van der Waals surface area contributed by atoms with Crippen molar-refractivity contribution in [2.45, 2.75) is 0 Å². The first-order valence-corrected chi connectivity index (χ1v) is 10.0. The Morgan fingerprint density at radius 1 is 0.593 bits per heavy atom. The van der Waals surface area contributed by atoms with Crippen molar-refractivity contribution in [2.75, 3.05) is 0 Å². The molecule has 0 radical (unpaired) electrons. The summed E-state index contributed by atoms with van der Waals surface area (Å²) in [6.45, 7) is 0. The number of nitrogens with zero attached hydrogens (tertiary/aromatic N) is 1. The average Bonchev–Trinajstić information content (AvgIpc) is 2.73. The topological polar surface area (TPSA) is 12.9 Å². The van der Waals surface area contributed by atoms with Crippen LogP contribution in [0.5, 0.6) is 0 Å². The fourth-order valence-electron chi connectivity index (χ4n) is 3.62. The second kappa shape index (κ2) is 6.78. The Labute approximate surface area is 171 Å². The van der Waals surface area contributed by atoms with Crippen LogP contribution in [0.2, 0.25) is 0 Å². The van der Waals surface area contributed by atoms with Gasteiger partial charge in [0.05, 0.1) is 5.69 Å². The van der Waals surface area contributed by atoms with Crippen LogP contribution < -0.4 is 0 Å². The minimum Gasteiger partial charge on any atom is -0.256 e. The maximum absolute atomic E-state index is 4.44. The van der Waals surface area contributed by atoms with E-state index in [9.17, 15) is 0 Å². The van der Waals surface area contributed by atoms with Crippen molar-refractivity contribution in [1.82, 2.24) is 4.98 Å². The highest BCUT2D eigenvalue weighted by Gasteiger charge is 2.07. The summed E-state index contributed by atoms with van der Waals surface area (Å²) in [5, 5.41) is 5.16. The fourth-order valence-corrected chi connectivity index (χ4v) is 4.29. The summed E-state index contributed by atoms with van der Waals surface area (Å²) in [4.78, 5) is 4.44. The Kier molecular flexibility index (Phi) is 4.13. The molecular formula is C25H16IN. The number of hydrogen-bond acceptors (Lipinski definition) is 1. The van der Waals surface area contributed by atoms with E-state index in [1.54, 1.807) is 0 Å². The summed E-state index contributed by atoms with van der Waals surface area (Å²) in [5.74, 6) is 0. The largest absolute Gasteiger partial charge is 0.256 e. The third-order valence-corrected chi connectivity index (χ3v) is 5.92. The van der Waals surface area contributed by atoms with Crippen molar-refractivity contribution in [3.8, 4) is 22.4 Å². The lowest BCUT2D eigenvalue weighted by Gasteiger charge is -2.10. The summed E-state index contributed by atoms with van der Waals surface area (Å²) >= 11 is 2.41. The molecule has 1 heterocycles. The Morgan fingerprint density at radius 3 is 2.07 bits per heavy atom. The highest BCUT2D eigenvalue weighted by atomic mass is 127. The van der Waals surface area contributed by atoms with Crippen LogP contribution >= 0.6 is 22.6 Å². The van der Waals surface area contributed by atoms with E-state index in [0.29, 0.717) is 0 Å². The van der Waals surface area contributed by atoms with E-state index in [2.05, 4.69) is 100 Å². The van der Waals surface area contributed by atoms with Gasteiger partial charge in [-0.3, -0.25) is 4.98 Å². The molecule has 0 aliphatic carbocycles. The molecule has 128 valence electrons. The molecule has 0 unspecified atom stereocenters. The van der Waals surface area contributed by atoms with Gasteiger partial charge in [-0.15, -0.1) is 0 Å². The van der Waals surface area contributed by atoms with Gasteiger partial charge in [-0.25, -0.2) is 0 Å². The molecule has 4 aromatic carbocycles. The van der Waals surface area contributed by atoms with Crippen molar-refractivity contribution in [3.63, 3.8) is 0 Å². The van der Waals surface area contributed by atoms with Crippen LogP contribution in [0.15, 0.2) is 97.2 Å². The third kappa shape index (κ3) is 3.00. The average molecular weight is 457 g/mol. The summed E-state index contributed by atoms with van der Waals surface area (Å²) in [5.41, 5.74) is 4.63. The first-order valence-electron chi connectivity index (χ1n) is 8.92. The summed E-state index contributed by atoms with van der Waals surface area (Å²) in [6, 6.07) is 32.3. The van der Waals surface area contributed by atoms with E-state index in [4.69, 9.17) is 0 Å². The minimum atomic E-state index is 1.00. The number of halogens is 1. The molecule has 5 rings (SSSR count). The number of hydrogen-bond donors (Lipinski definition) is 0. The Hall–Kier alpha value is -2.72. The zero-order valence-corrected chi connectivity index (χ0v) is 16.7. The van der Waals surface area contributed by atoms with Crippen molar-refractivity contribution < 1.29 is 0 Å². The quantitative estimate of drug-likeness (QED) is 0.200. The molecule has 0 saturated heterocycles. The van der Waals surface area contributed by atoms with Crippen LogP contribution in [0, 0.1) is 3.57 Å². The molecule has 0 aliphatic rings. The summed E-state index contributed by atoms with van der Waals surface area (Å²) in [6.07, 6.45) is 1.83. The molecule has 0 aliphatic heterocycles. The Balaban J connectivity index is 1.66. The van der Waals surface area contributed by atoms with Crippen LogP contribution in [0.4, 0.5) is 0 Å². The number of benzene rings is 4. The Bertz CT molecular complexity index is 1260. The van der Waals surface area contributed by atoms with E-state index in [1.807, 2.05) is 24.4 Å². The highest BCUT2D eigenvalue weighted by molar-refractivity contribution is 14.1. The van der Waals surface area contributed by atoms with Crippen molar-refractivity contribution in [3.05, 3.63) is 101 Å². The minimum absolute atomic E-state index is 1.00. The smallest absolute Gasteiger partial charge is 0.0701 e. The second-order valence-corrected chi connectivity index (χ2v) is 7.79. The van der Waals surface area contributed by atoms with Crippen molar-refractivity contribution >= 4 is 44.1 Å². The van der Waals surface area contributed by atoms with E-state index in [-0.39, 0.29) is 0 Å². The van der Waals surface area contributed by atoms with Crippen LogP contribution in [0.3, 0.4) is 0 Å². The summed E-state index contributed by atoms with van der Waals surface area (Å²) in [7, 11) is 0. The molecule has 0 bridgehead atoms. The van der Waals surface area contributed by atoms with E-state index < -0.39 is 0 Å². The monoisotopic (exact) mass is 457 g/mol. The van der Waals surface area contributed by atoms with Crippen LogP contribution in [-0.2, 0) is 0 Å². The van der Waals surface area contributed by atoms with Gasteiger partial charge in [0.2, 0.25) is 0 Å². The predicted molar refractivity (Wildman–Crippen MR) is 123 cm³/mol. The van der Waals surface area contributed by atoms with Gasteiger partial charge in [0.25, 0.3) is 0 Å². The molecule has 0 saturated carbocycles. The molecule has 0 N–H and O–H groups in total. The van der Waals surface area contributed by atoms with Gasteiger partial charge < -0.3 is 0 Å². The molecule has 2 heteroatoms. The molecule has 0 amide bonds. The predicted octanol–water partition coefficient (Wildman–Crippen LogP) is 7.33. The van der Waals surface area contributed by atoms with Gasteiger partial charge in [-0.05, 0) is 85.6 Å². The summed E-state index contributed by atoms with van der Waals surface area (Å²) < 4.78 is 1.29. The first-order chi connectivity index (χ1) is 13.3. The molecule has 0 spiro atoms. The normalized spacial score (nSPS) is 11.1. The second-order valence-electron chi connectivity index (χ2n) is 6.63.